The Bertz CT molecular complexity index is 1490. The van der Waals surface area contributed by atoms with Crippen molar-refractivity contribution in [2.24, 2.45) is 5.92 Å². The third-order valence-electron chi connectivity index (χ3n) is 5.42. The van der Waals surface area contributed by atoms with E-state index in [4.69, 9.17) is 9.84 Å². The van der Waals surface area contributed by atoms with Gasteiger partial charge >= 0.3 is 0 Å². The van der Waals surface area contributed by atoms with Crippen molar-refractivity contribution in [2.45, 2.75) is 13.8 Å². The second kappa shape index (κ2) is 9.96. The number of benzene rings is 3. The normalized spacial score (nSPS) is 11.7. The number of allylic oxidation sites excluding steroid dienone is 1. The molecular weight excluding hydrogens is 452 g/mol. The molecule has 0 spiro atoms. The molecule has 0 aliphatic rings. The zero-order valence-corrected chi connectivity index (χ0v) is 20.4. The fraction of sp³-hybridized carbons (Fsp3) is 0.138. The number of fused-ring (bicyclic) bond motifs is 1. The van der Waals surface area contributed by atoms with Crippen LogP contribution in [-0.2, 0) is 0 Å². The highest BCUT2D eigenvalue weighted by molar-refractivity contribution is 7.19. The Balaban J connectivity index is 1.57. The summed E-state index contributed by atoms with van der Waals surface area (Å²) in [5.41, 5.74) is 4.94. The van der Waals surface area contributed by atoms with Gasteiger partial charge in [0.25, 0.3) is 0 Å². The number of ether oxygens (including phenoxy) is 1. The molecule has 0 N–H and O–H groups in total. The summed E-state index contributed by atoms with van der Waals surface area (Å²) in [7, 11) is 0. The molecular formula is C29H24N4OS. The molecule has 0 unspecified atom stereocenters. The second-order valence-corrected chi connectivity index (χ2v) is 9.63. The van der Waals surface area contributed by atoms with Crippen LogP contribution in [0.1, 0.15) is 24.4 Å². The fourth-order valence-corrected chi connectivity index (χ4v) is 4.62. The van der Waals surface area contributed by atoms with Gasteiger partial charge in [0.1, 0.15) is 16.8 Å². The predicted molar refractivity (Wildman–Crippen MR) is 142 cm³/mol. The van der Waals surface area contributed by atoms with E-state index in [1.165, 1.54) is 11.3 Å². The zero-order chi connectivity index (χ0) is 24.2. The van der Waals surface area contributed by atoms with Gasteiger partial charge in [-0.3, -0.25) is 0 Å². The van der Waals surface area contributed by atoms with Crippen molar-refractivity contribution < 1.29 is 4.74 Å². The van der Waals surface area contributed by atoms with E-state index in [1.54, 1.807) is 0 Å². The molecule has 0 aliphatic carbocycles. The lowest BCUT2D eigenvalue weighted by Crippen LogP contribution is -2.04. The molecule has 3 aromatic carbocycles. The number of para-hydroxylation sites is 2. The summed E-state index contributed by atoms with van der Waals surface area (Å²) in [4.78, 5) is 4.68. The van der Waals surface area contributed by atoms with Crippen LogP contribution in [0.15, 0.2) is 85.1 Å². The van der Waals surface area contributed by atoms with E-state index in [9.17, 15) is 5.26 Å². The molecule has 0 saturated carbocycles. The quantitative estimate of drug-likeness (QED) is 0.232. The molecule has 172 valence electrons. The van der Waals surface area contributed by atoms with Gasteiger partial charge in [-0.2, -0.15) is 10.4 Å². The minimum Gasteiger partial charge on any atom is -0.493 e. The fourth-order valence-electron chi connectivity index (χ4n) is 3.69. The lowest BCUT2D eigenvalue weighted by Gasteiger charge is -2.09. The Morgan fingerprint density at radius 1 is 1.03 bits per heavy atom. The first kappa shape index (κ1) is 22.6. The maximum Gasteiger partial charge on any atom is 0.135 e. The first-order chi connectivity index (χ1) is 17.1. The summed E-state index contributed by atoms with van der Waals surface area (Å²) in [6.07, 6.45) is 3.83. The first-order valence-electron chi connectivity index (χ1n) is 11.5. The van der Waals surface area contributed by atoms with E-state index in [0.29, 0.717) is 23.1 Å². The Labute approximate surface area is 208 Å². The molecule has 0 saturated heterocycles. The highest BCUT2D eigenvalue weighted by Gasteiger charge is 2.15. The van der Waals surface area contributed by atoms with Crippen molar-refractivity contribution in [1.29, 1.82) is 5.26 Å². The summed E-state index contributed by atoms with van der Waals surface area (Å²) >= 11 is 1.52. The van der Waals surface area contributed by atoms with E-state index in [0.717, 1.165) is 38.5 Å². The van der Waals surface area contributed by atoms with Gasteiger partial charge in [0, 0.05) is 17.3 Å². The molecule has 2 aromatic heterocycles. The molecule has 0 amide bonds. The standard InChI is InChI=1S/C29H24N4OS/c1-20(2)19-34-25-14-12-21(13-15-25)28-23(18-33(32-28)24-8-4-3-5-9-24)16-22(17-30)29-31-26-10-6-7-11-27(26)35-29/h3-16,18,20H,19H2,1-2H3/b22-16-. The lowest BCUT2D eigenvalue weighted by atomic mass is 10.1. The molecule has 0 atom stereocenters. The molecule has 6 heteroatoms. The molecule has 0 radical (unpaired) electrons. The number of rotatable bonds is 7. The van der Waals surface area contributed by atoms with Gasteiger partial charge in [0.2, 0.25) is 0 Å². The average Bonchev–Trinajstić information content (AvgIpc) is 3.51. The molecule has 0 bridgehead atoms. The number of hydrogen-bond acceptors (Lipinski definition) is 5. The molecule has 5 aromatic rings. The number of thiazole rings is 1. The second-order valence-electron chi connectivity index (χ2n) is 8.60. The number of nitriles is 1. The lowest BCUT2D eigenvalue weighted by molar-refractivity contribution is 0.271. The van der Waals surface area contributed by atoms with E-state index >= 15 is 0 Å². The van der Waals surface area contributed by atoms with Crippen LogP contribution in [0.4, 0.5) is 0 Å². The topological polar surface area (TPSA) is 63.7 Å². The Morgan fingerprint density at radius 2 is 1.77 bits per heavy atom. The smallest absolute Gasteiger partial charge is 0.135 e. The van der Waals surface area contributed by atoms with Crippen LogP contribution < -0.4 is 4.74 Å². The molecule has 0 fully saturated rings. The highest BCUT2D eigenvalue weighted by Crippen LogP contribution is 2.32. The summed E-state index contributed by atoms with van der Waals surface area (Å²) in [5, 5.41) is 15.6. The minimum atomic E-state index is 0.458. The third kappa shape index (κ3) is 5.01. The average molecular weight is 477 g/mol. The van der Waals surface area contributed by atoms with Crippen LogP contribution in [0, 0.1) is 17.2 Å². The zero-order valence-electron chi connectivity index (χ0n) is 19.6. The molecule has 0 aliphatic heterocycles. The van der Waals surface area contributed by atoms with Crippen LogP contribution >= 0.6 is 11.3 Å². The molecule has 5 nitrogen and oxygen atoms in total. The first-order valence-corrected chi connectivity index (χ1v) is 12.3. The van der Waals surface area contributed by atoms with Crippen LogP contribution in [0.3, 0.4) is 0 Å². The van der Waals surface area contributed by atoms with Crippen molar-refractivity contribution >= 4 is 33.2 Å². The summed E-state index contributed by atoms with van der Waals surface area (Å²) < 4.78 is 8.75. The van der Waals surface area contributed by atoms with Gasteiger partial charge in [-0.05, 0) is 60.5 Å². The van der Waals surface area contributed by atoms with Crippen LogP contribution in [-0.4, -0.2) is 21.4 Å². The largest absolute Gasteiger partial charge is 0.493 e. The van der Waals surface area contributed by atoms with Gasteiger partial charge in [-0.15, -0.1) is 11.3 Å². The molecule has 5 rings (SSSR count). The number of hydrogen-bond donors (Lipinski definition) is 0. The summed E-state index contributed by atoms with van der Waals surface area (Å²) in [5.74, 6) is 1.29. The summed E-state index contributed by atoms with van der Waals surface area (Å²) in [6.45, 7) is 4.92. The Kier molecular flexibility index (Phi) is 6.42. The van der Waals surface area contributed by atoms with E-state index in [1.807, 2.05) is 95.8 Å². The maximum absolute atomic E-state index is 10.00. The van der Waals surface area contributed by atoms with Crippen molar-refractivity contribution in [3.05, 3.63) is 95.6 Å². The maximum atomic E-state index is 10.00. The van der Waals surface area contributed by atoms with Gasteiger partial charge in [0.05, 0.1) is 33.8 Å². The van der Waals surface area contributed by atoms with E-state index in [2.05, 4.69) is 24.9 Å². The van der Waals surface area contributed by atoms with Gasteiger partial charge in [-0.1, -0.05) is 44.2 Å². The minimum absolute atomic E-state index is 0.458. The third-order valence-corrected chi connectivity index (χ3v) is 6.49. The van der Waals surface area contributed by atoms with Gasteiger partial charge in [-0.25, -0.2) is 9.67 Å². The van der Waals surface area contributed by atoms with Crippen molar-refractivity contribution in [3.8, 4) is 28.8 Å². The Morgan fingerprint density at radius 3 is 2.49 bits per heavy atom. The number of nitrogens with zero attached hydrogens (tertiary/aromatic N) is 4. The van der Waals surface area contributed by atoms with Crippen molar-refractivity contribution in [1.82, 2.24) is 14.8 Å². The van der Waals surface area contributed by atoms with E-state index < -0.39 is 0 Å². The van der Waals surface area contributed by atoms with Gasteiger partial charge in [0.15, 0.2) is 0 Å². The van der Waals surface area contributed by atoms with Crippen LogP contribution in [0.5, 0.6) is 5.75 Å². The van der Waals surface area contributed by atoms with Crippen molar-refractivity contribution in [3.63, 3.8) is 0 Å². The van der Waals surface area contributed by atoms with E-state index in [-0.39, 0.29) is 0 Å². The van der Waals surface area contributed by atoms with Crippen molar-refractivity contribution in [2.75, 3.05) is 6.61 Å². The Hall–Kier alpha value is -4.21. The van der Waals surface area contributed by atoms with Crippen LogP contribution in [0.2, 0.25) is 0 Å². The predicted octanol–water partition coefficient (Wildman–Crippen LogP) is 7.25. The SMILES string of the molecule is CC(C)COc1ccc(-c2nn(-c3ccccc3)cc2/C=C(/C#N)c2nc3ccccc3s2)cc1. The monoisotopic (exact) mass is 476 g/mol. The molecule has 35 heavy (non-hydrogen) atoms. The number of aromatic nitrogens is 3. The molecule has 2 heterocycles. The van der Waals surface area contributed by atoms with Gasteiger partial charge < -0.3 is 4.74 Å². The summed E-state index contributed by atoms with van der Waals surface area (Å²) in [6, 6.07) is 28.2. The highest BCUT2D eigenvalue weighted by atomic mass is 32.1. The van der Waals surface area contributed by atoms with Crippen LogP contribution in [0.25, 0.3) is 38.8 Å².